The number of hydrogen-bond donors (Lipinski definition) is 3. The Balaban J connectivity index is 1.35. The highest BCUT2D eigenvalue weighted by Gasteiger charge is 2.55. The Morgan fingerprint density at radius 2 is 2.09 bits per heavy atom. The number of benzene rings is 1. The summed E-state index contributed by atoms with van der Waals surface area (Å²) in [5.74, 6) is -0.731. The van der Waals surface area contributed by atoms with Gasteiger partial charge in [0.2, 0.25) is 5.91 Å². The van der Waals surface area contributed by atoms with Crippen LogP contribution in [0.25, 0.3) is 0 Å². The van der Waals surface area contributed by atoms with Gasteiger partial charge >= 0.3 is 12.1 Å². The van der Waals surface area contributed by atoms with E-state index in [1.165, 1.54) is 18.4 Å². The monoisotopic (exact) mass is 483 g/mol. The van der Waals surface area contributed by atoms with E-state index in [1.807, 2.05) is 24.4 Å². The van der Waals surface area contributed by atoms with Crippen LogP contribution in [-0.4, -0.2) is 59.9 Å². The lowest BCUT2D eigenvalue weighted by molar-refractivity contribution is -0.140. The largest absolute Gasteiger partial charge is 0.482 e. The summed E-state index contributed by atoms with van der Waals surface area (Å²) in [5.41, 5.74) is 1.90. The third kappa shape index (κ3) is 3.56. The average molecular weight is 484 g/mol. The van der Waals surface area contributed by atoms with E-state index in [0.29, 0.717) is 37.2 Å². The van der Waals surface area contributed by atoms with Gasteiger partial charge in [-0.25, -0.2) is 9.59 Å². The number of amides is 6. The zero-order chi connectivity index (χ0) is 24.0. The molecule has 11 heteroatoms. The summed E-state index contributed by atoms with van der Waals surface area (Å²) < 4.78 is 5.78. The summed E-state index contributed by atoms with van der Waals surface area (Å²) in [4.78, 5) is 53.9. The van der Waals surface area contributed by atoms with Crippen molar-refractivity contribution in [2.45, 2.75) is 37.9 Å². The Morgan fingerprint density at radius 1 is 1.26 bits per heavy atom. The van der Waals surface area contributed by atoms with Crippen LogP contribution in [0, 0.1) is 0 Å². The summed E-state index contributed by atoms with van der Waals surface area (Å²) in [7, 11) is 1.53. The maximum Gasteiger partial charge on any atom is 0.325 e. The zero-order valence-corrected chi connectivity index (χ0v) is 19.7. The van der Waals surface area contributed by atoms with Gasteiger partial charge in [0.25, 0.3) is 5.91 Å². The predicted molar refractivity (Wildman–Crippen MR) is 125 cm³/mol. The molecule has 1 aromatic carbocycles. The molecule has 34 heavy (non-hydrogen) atoms. The number of anilines is 1. The number of nitrogens with zero attached hydrogens (tertiary/aromatic N) is 2. The first-order chi connectivity index (χ1) is 16.3. The van der Waals surface area contributed by atoms with Gasteiger partial charge in [0.05, 0.1) is 12.6 Å². The average Bonchev–Trinajstić information content (AvgIpc) is 3.45. The number of hydrogen-bond acceptors (Lipinski definition) is 6. The second-order valence-corrected chi connectivity index (χ2v) is 9.60. The molecule has 2 aliphatic heterocycles. The first-order valence-corrected chi connectivity index (χ1v) is 12.0. The molecule has 3 N–H and O–H groups in total. The number of fused-ring (bicyclic) bond motifs is 3. The van der Waals surface area contributed by atoms with Crippen molar-refractivity contribution in [2.24, 2.45) is 0 Å². The molecule has 1 aromatic heterocycles. The molecule has 1 saturated heterocycles. The Labute approximate surface area is 200 Å². The molecule has 2 aromatic rings. The van der Waals surface area contributed by atoms with Crippen LogP contribution in [0.3, 0.4) is 0 Å². The summed E-state index contributed by atoms with van der Waals surface area (Å²) >= 11 is 1.48. The van der Waals surface area contributed by atoms with Crippen molar-refractivity contribution in [1.82, 2.24) is 20.4 Å². The van der Waals surface area contributed by atoms with Gasteiger partial charge in [0.15, 0.2) is 5.06 Å². The van der Waals surface area contributed by atoms with Crippen molar-refractivity contribution < 1.29 is 23.9 Å². The number of imide groups is 1. The number of aryl methyl sites for hydroxylation is 1. The zero-order valence-electron chi connectivity index (χ0n) is 18.8. The van der Waals surface area contributed by atoms with Crippen LogP contribution < -0.4 is 20.7 Å². The fourth-order valence-electron chi connectivity index (χ4n) is 4.82. The van der Waals surface area contributed by atoms with Crippen LogP contribution in [0.4, 0.5) is 15.3 Å². The summed E-state index contributed by atoms with van der Waals surface area (Å²) in [5, 5.41) is 10.8. The molecular weight excluding hydrogens is 458 g/mol. The number of ether oxygens (including phenoxy) is 1. The summed E-state index contributed by atoms with van der Waals surface area (Å²) in [6.07, 6.45) is 0.959. The number of carbonyl (C=O) groups excluding carboxylic acids is 4. The van der Waals surface area contributed by atoms with Crippen molar-refractivity contribution in [3.63, 3.8) is 0 Å². The van der Waals surface area contributed by atoms with E-state index in [2.05, 4.69) is 16.0 Å². The molecular formula is C23H25N5O5S. The highest BCUT2D eigenvalue weighted by molar-refractivity contribution is 7.12. The molecule has 0 saturated carbocycles. The van der Waals surface area contributed by atoms with Gasteiger partial charge < -0.3 is 25.6 Å². The lowest BCUT2D eigenvalue weighted by atomic mass is 9.91. The van der Waals surface area contributed by atoms with E-state index < -0.39 is 17.5 Å². The molecule has 1 unspecified atom stereocenters. The molecule has 0 radical (unpaired) electrons. The molecule has 1 aliphatic carbocycles. The lowest BCUT2D eigenvalue weighted by Crippen LogP contribution is -2.47. The van der Waals surface area contributed by atoms with Crippen LogP contribution in [0.2, 0.25) is 0 Å². The van der Waals surface area contributed by atoms with E-state index in [4.69, 9.17) is 4.74 Å². The molecule has 1 spiro atoms. The first kappa shape index (κ1) is 22.2. The standard InChI is InChI=1S/C23H25N5O5S/c1-13-12-33-19-15(6-8-34-19)10-27(13)18(29)11-28-20(30)23(26-22(28)32)7-5-14-9-16(3-4-17(14)23)25-21(31)24-2/h3-4,6,8-9,13H,5,7,10-12H2,1-2H3,(H,26,32)(H2,24,25,31)/t13-,23?/m1/s1. The minimum Gasteiger partial charge on any atom is -0.482 e. The Hall–Kier alpha value is -3.60. The van der Waals surface area contributed by atoms with Gasteiger partial charge in [-0.1, -0.05) is 6.07 Å². The van der Waals surface area contributed by atoms with Crippen LogP contribution >= 0.6 is 11.3 Å². The number of urea groups is 2. The molecule has 1 fully saturated rings. The van der Waals surface area contributed by atoms with Crippen LogP contribution in [0.15, 0.2) is 29.6 Å². The fourth-order valence-corrected chi connectivity index (χ4v) is 5.59. The summed E-state index contributed by atoms with van der Waals surface area (Å²) in [6, 6.07) is 6.07. The van der Waals surface area contributed by atoms with Crippen LogP contribution in [0.1, 0.15) is 30.0 Å². The Morgan fingerprint density at radius 3 is 2.88 bits per heavy atom. The SMILES string of the molecule is CNC(=O)Nc1ccc2c(c1)CCC21NC(=O)N(CC(=O)N2Cc3ccsc3OC[C@H]2C)C1=O. The molecule has 5 rings (SSSR count). The minimum absolute atomic E-state index is 0.194. The number of carbonyl (C=O) groups is 4. The maximum absolute atomic E-state index is 13.5. The highest BCUT2D eigenvalue weighted by Crippen LogP contribution is 2.42. The first-order valence-electron chi connectivity index (χ1n) is 11.1. The van der Waals surface area contributed by atoms with E-state index in [1.54, 1.807) is 17.0 Å². The second kappa shape index (κ2) is 8.32. The fraction of sp³-hybridized carbons (Fsp3) is 0.391. The van der Waals surface area contributed by atoms with Gasteiger partial charge in [-0.15, -0.1) is 11.3 Å². The highest BCUT2D eigenvalue weighted by atomic mass is 32.1. The Bertz CT molecular complexity index is 1200. The molecule has 0 bridgehead atoms. The molecule has 2 atom stereocenters. The van der Waals surface area contributed by atoms with E-state index in [9.17, 15) is 19.2 Å². The van der Waals surface area contributed by atoms with Crippen molar-refractivity contribution in [2.75, 3.05) is 25.5 Å². The molecule has 6 amide bonds. The van der Waals surface area contributed by atoms with Gasteiger partial charge in [-0.3, -0.25) is 14.5 Å². The van der Waals surface area contributed by atoms with Gasteiger partial charge in [0.1, 0.15) is 18.7 Å². The smallest absolute Gasteiger partial charge is 0.325 e. The minimum atomic E-state index is -1.19. The van der Waals surface area contributed by atoms with E-state index in [-0.39, 0.29) is 24.5 Å². The van der Waals surface area contributed by atoms with Gasteiger partial charge in [-0.05, 0) is 54.5 Å². The quantitative estimate of drug-likeness (QED) is 0.577. The van der Waals surface area contributed by atoms with Gasteiger partial charge in [0, 0.05) is 18.3 Å². The second-order valence-electron chi connectivity index (χ2n) is 8.72. The van der Waals surface area contributed by atoms with Crippen molar-refractivity contribution in [3.8, 4) is 5.06 Å². The van der Waals surface area contributed by atoms with E-state index in [0.717, 1.165) is 21.1 Å². The maximum atomic E-state index is 13.5. The van der Waals surface area contributed by atoms with Crippen molar-refractivity contribution >= 4 is 40.9 Å². The Kier molecular flexibility index (Phi) is 5.43. The molecule has 3 heterocycles. The third-order valence-electron chi connectivity index (χ3n) is 6.64. The van der Waals surface area contributed by atoms with E-state index >= 15 is 0 Å². The van der Waals surface area contributed by atoms with Crippen LogP contribution in [-0.2, 0) is 28.1 Å². The predicted octanol–water partition coefficient (Wildman–Crippen LogP) is 2.00. The number of thiophene rings is 1. The topological polar surface area (TPSA) is 120 Å². The van der Waals surface area contributed by atoms with Crippen molar-refractivity contribution in [3.05, 3.63) is 46.3 Å². The summed E-state index contributed by atoms with van der Waals surface area (Å²) in [6.45, 7) is 2.28. The molecule has 10 nitrogen and oxygen atoms in total. The number of rotatable bonds is 3. The normalized spacial score (nSPS) is 23.2. The molecule has 3 aliphatic rings. The molecule has 178 valence electrons. The number of nitrogens with one attached hydrogen (secondary N) is 3. The van der Waals surface area contributed by atoms with Crippen LogP contribution in [0.5, 0.6) is 5.06 Å². The lowest BCUT2D eigenvalue weighted by Gasteiger charge is -2.28. The third-order valence-corrected chi connectivity index (χ3v) is 7.51. The van der Waals surface area contributed by atoms with Crippen molar-refractivity contribution in [1.29, 1.82) is 0 Å². The van der Waals surface area contributed by atoms with Gasteiger partial charge in [-0.2, -0.15) is 0 Å².